The molecule has 0 unspecified atom stereocenters. The Labute approximate surface area is 145 Å². The smallest absolute Gasteiger partial charge is 0.207 e. The molecule has 0 radical (unpaired) electrons. The van der Waals surface area contributed by atoms with Crippen molar-refractivity contribution in [3.05, 3.63) is 0 Å². The molecule has 0 saturated carbocycles. The van der Waals surface area contributed by atoms with E-state index in [4.69, 9.17) is 16.0 Å². The Kier molecular flexibility index (Phi) is 12.9. The molecule has 0 bridgehead atoms. The van der Waals surface area contributed by atoms with Crippen LogP contribution in [-0.4, -0.2) is 20.4 Å². The van der Waals surface area contributed by atoms with Crippen molar-refractivity contribution in [2.24, 2.45) is 0 Å². The second-order valence-electron chi connectivity index (χ2n) is 7.26. The van der Waals surface area contributed by atoms with Gasteiger partial charge in [-0.3, -0.25) is 0 Å². The lowest BCUT2D eigenvalue weighted by Gasteiger charge is -2.33. The highest BCUT2D eigenvalue weighted by Gasteiger charge is 2.35. The maximum atomic E-state index is 6.31. The van der Waals surface area contributed by atoms with E-state index < -0.39 is 8.32 Å². The van der Waals surface area contributed by atoms with Crippen LogP contribution in [0.3, 0.4) is 0 Å². The van der Waals surface area contributed by atoms with Gasteiger partial charge in [-0.15, -0.1) is 11.6 Å². The molecule has 132 valence electrons. The highest BCUT2D eigenvalue weighted by molar-refractivity contribution is 6.80. The number of hydrogen-bond donors (Lipinski definition) is 0. The van der Waals surface area contributed by atoms with Crippen molar-refractivity contribution in [1.29, 1.82) is 0 Å². The van der Waals surface area contributed by atoms with Gasteiger partial charge in [0, 0.05) is 12.1 Å². The highest BCUT2D eigenvalue weighted by Crippen LogP contribution is 2.30. The molecule has 0 amide bonds. The first-order chi connectivity index (χ1) is 10.8. The van der Waals surface area contributed by atoms with Gasteiger partial charge >= 0.3 is 0 Å². The Morgan fingerprint density at radius 3 is 1.73 bits per heavy atom. The minimum atomic E-state index is -1.49. The molecule has 1 fully saturated rings. The van der Waals surface area contributed by atoms with Crippen LogP contribution in [0.2, 0.25) is 12.1 Å². The predicted molar refractivity (Wildman–Crippen MR) is 102 cm³/mol. The Hall–Kier alpha value is 0.467. The zero-order valence-electron chi connectivity index (χ0n) is 15.0. The van der Waals surface area contributed by atoms with E-state index in [-0.39, 0.29) is 0 Å². The summed E-state index contributed by atoms with van der Waals surface area (Å²) < 4.78 is 6.31. The normalized spacial score (nSPS) is 17.7. The summed E-state index contributed by atoms with van der Waals surface area (Å²) in [5.41, 5.74) is 0.824. The summed E-state index contributed by atoms with van der Waals surface area (Å²) in [6, 6.07) is 2.63. The van der Waals surface area contributed by atoms with Gasteiger partial charge in [0.15, 0.2) is 0 Å². The van der Waals surface area contributed by atoms with Crippen LogP contribution in [0.5, 0.6) is 0 Å². The number of unbranched alkanes of at least 4 members (excludes halogenated alkanes) is 10. The van der Waals surface area contributed by atoms with E-state index in [1.807, 2.05) is 0 Å². The fraction of sp³-hybridized carbons (Fsp3) is 1.00. The molecule has 1 nitrogen and oxygen atoms in total. The Balaban J connectivity index is 1.85. The molecule has 0 aliphatic carbocycles. The fourth-order valence-corrected chi connectivity index (χ4v) is 7.85. The third kappa shape index (κ3) is 9.57. The van der Waals surface area contributed by atoms with Crippen LogP contribution in [0.1, 0.15) is 96.8 Å². The first-order valence-corrected chi connectivity index (χ1v) is 13.1. The molecule has 1 aliphatic heterocycles. The molecule has 1 rings (SSSR count). The van der Waals surface area contributed by atoms with E-state index in [0.29, 0.717) is 0 Å². The van der Waals surface area contributed by atoms with E-state index in [1.54, 1.807) is 0 Å². The summed E-state index contributed by atoms with van der Waals surface area (Å²) in [5.74, 6) is 0. The van der Waals surface area contributed by atoms with Crippen LogP contribution in [0.25, 0.3) is 0 Å². The second kappa shape index (κ2) is 13.9. The Morgan fingerprint density at radius 2 is 1.23 bits per heavy atom. The lowest BCUT2D eigenvalue weighted by molar-refractivity contribution is 0.282. The van der Waals surface area contributed by atoms with Crippen LogP contribution in [0, 0.1) is 0 Å². The minimum absolute atomic E-state index is 0.824. The summed E-state index contributed by atoms with van der Waals surface area (Å²) in [5, 5.41) is 0. The van der Waals surface area contributed by atoms with Gasteiger partial charge in [-0.25, -0.2) is 0 Å². The summed E-state index contributed by atoms with van der Waals surface area (Å²) in [7, 11) is -1.49. The molecule has 3 heteroatoms. The van der Waals surface area contributed by atoms with Crippen LogP contribution < -0.4 is 0 Å². The fourth-order valence-electron chi connectivity index (χ4n) is 3.57. The molecule has 0 aromatic heterocycles. The van der Waals surface area contributed by atoms with Gasteiger partial charge in [0.05, 0.1) is 0 Å². The van der Waals surface area contributed by atoms with E-state index in [9.17, 15) is 0 Å². The summed E-state index contributed by atoms with van der Waals surface area (Å²) in [6.45, 7) is 3.27. The molecule has 1 saturated heterocycles. The third-order valence-corrected chi connectivity index (χ3v) is 10.5. The number of hydrogen-bond acceptors (Lipinski definition) is 1. The van der Waals surface area contributed by atoms with Crippen molar-refractivity contribution in [1.82, 2.24) is 0 Å². The maximum Gasteiger partial charge on any atom is 0.207 e. The van der Waals surface area contributed by atoms with E-state index in [2.05, 4.69) is 6.92 Å². The summed E-state index contributed by atoms with van der Waals surface area (Å²) in [4.78, 5) is 0. The Morgan fingerprint density at radius 1 is 0.727 bits per heavy atom. The molecular formula is C19H39ClOSi. The van der Waals surface area contributed by atoms with Crippen molar-refractivity contribution in [3.63, 3.8) is 0 Å². The van der Waals surface area contributed by atoms with Gasteiger partial charge in [0.25, 0.3) is 0 Å². The molecule has 0 spiro atoms. The third-order valence-electron chi connectivity index (χ3n) is 5.16. The molecule has 0 aromatic carbocycles. The Bertz CT molecular complexity index is 242. The van der Waals surface area contributed by atoms with E-state index >= 15 is 0 Å². The average molecular weight is 347 g/mol. The molecule has 1 heterocycles. The van der Waals surface area contributed by atoms with Crippen LogP contribution >= 0.6 is 11.6 Å². The first kappa shape index (κ1) is 20.5. The molecule has 1 aliphatic rings. The molecule has 0 atom stereocenters. The SMILES string of the molecule is CCCCCCCCCCCCCO[Si]1(CCl)CCCCC1. The summed E-state index contributed by atoms with van der Waals surface area (Å²) >= 11 is 6.22. The number of rotatable bonds is 14. The van der Waals surface area contributed by atoms with Gasteiger partial charge in [0.1, 0.15) is 0 Å². The van der Waals surface area contributed by atoms with Crippen molar-refractivity contribution in [2.75, 3.05) is 12.1 Å². The maximum absolute atomic E-state index is 6.31. The van der Waals surface area contributed by atoms with Crippen LogP contribution in [0.4, 0.5) is 0 Å². The van der Waals surface area contributed by atoms with Crippen molar-refractivity contribution in [2.45, 2.75) is 109 Å². The standard InChI is InChI=1S/C19H39ClOSi/c1-2-3-4-5-6-7-8-9-10-11-13-16-21-22(19-20)17-14-12-15-18-22/h2-19H2,1H3. The number of alkyl halides is 1. The molecular weight excluding hydrogens is 308 g/mol. The topological polar surface area (TPSA) is 9.23 Å². The van der Waals surface area contributed by atoms with Crippen LogP contribution in [0.15, 0.2) is 0 Å². The minimum Gasteiger partial charge on any atom is -0.416 e. The lowest BCUT2D eigenvalue weighted by Crippen LogP contribution is -2.43. The van der Waals surface area contributed by atoms with E-state index in [0.717, 1.165) is 12.1 Å². The first-order valence-electron chi connectivity index (χ1n) is 10.0. The highest BCUT2D eigenvalue weighted by atomic mass is 35.5. The lowest BCUT2D eigenvalue weighted by atomic mass is 10.1. The average Bonchev–Trinajstić information content (AvgIpc) is 2.57. The molecule has 22 heavy (non-hydrogen) atoms. The molecule has 0 aromatic rings. The monoisotopic (exact) mass is 346 g/mol. The largest absolute Gasteiger partial charge is 0.416 e. The van der Waals surface area contributed by atoms with Gasteiger partial charge in [-0.2, -0.15) is 0 Å². The molecule has 0 N–H and O–H groups in total. The van der Waals surface area contributed by atoms with E-state index in [1.165, 1.54) is 102 Å². The quantitative estimate of drug-likeness (QED) is 0.183. The van der Waals surface area contributed by atoms with Gasteiger partial charge < -0.3 is 4.43 Å². The van der Waals surface area contributed by atoms with Crippen LogP contribution in [-0.2, 0) is 4.43 Å². The number of halogens is 1. The van der Waals surface area contributed by atoms with Crippen molar-refractivity contribution >= 4 is 19.9 Å². The van der Waals surface area contributed by atoms with Crippen molar-refractivity contribution < 1.29 is 4.43 Å². The second-order valence-corrected chi connectivity index (χ2v) is 12.0. The summed E-state index contributed by atoms with van der Waals surface area (Å²) in [6.07, 6.45) is 19.5. The van der Waals surface area contributed by atoms with Gasteiger partial charge in [0.2, 0.25) is 8.32 Å². The van der Waals surface area contributed by atoms with Gasteiger partial charge in [-0.05, 0) is 18.5 Å². The van der Waals surface area contributed by atoms with Crippen molar-refractivity contribution in [3.8, 4) is 0 Å². The predicted octanol–water partition coefficient (Wildman–Crippen LogP) is 7.22. The zero-order valence-corrected chi connectivity index (χ0v) is 16.8. The zero-order chi connectivity index (χ0) is 15.9. The van der Waals surface area contributed by atoms with Gasteiger partial charge in [-0.1, -0.05) is 90.4 Å².